The summed E-state index contributed by atoms with van der Waals surface area (Å²) < 4.78 is 0. The van der Waals surface area contributed by atoms with Gasteiger partial charge >= 0.3 is 5.00 Å². The molecule has 0 fully saturated rings. The summed E-state index contributed by atoms with van der Waals surface area (Å²) >= 11 is 2.11. The van der Waals surface area contributed by atoms with Gasteiger partial charge < -0.3 is 0 Å². The zero-order valence-corrected chi connectivity index (χ0v) is 10.9. The molecule has 2 aromatic heterocycles. The highest BCUT2D eigenvalue weighted by Gasteiger charge is 2.16. The van der Waals surface area contributed by atoms with Crippen molar-refractivity contribution in [1.82, 2.24) is 10.2 Å². The summed E-state index contributed by atoms with van der Waals surface area (Å²) in [6.07, 6.45) is 0.748. The van der Waals surface area contributed by atoms with E-state index in [9.17, 15) is 14.9 Å². The predicted octanol–water partition coefficient (Wildman–Crippen LogP) is 2.32. The molecule has 0 aliphatic rings. The minimum Gasteiger partial charge on any atom is -0.296 e. The lowest BCUT2D eigenvalue weighted by Gasteiger charge is -1.95. The van der Waals surface area contributed by atoms with Crippen molar-refractivity contribution < 1.29 is 9.72 Å². The molecule has 1 amide bonds. The lowest BCUT2D eigenvalue weighted by atomic mass is 10.4. The molecule has 18 heavy (non-hydrogen) atoms. The third kappa shape index (κ3) is 2.68. The fourth-order valence-electron chi connectivity index (χ4n) is 1.15. The van der Waals surface area contributed by atoms with E-state index in [4.69, 9.17) is 0 Å². The number of carbonyl (C=O) groups is 1. The van der Waals surface area contributed by atoms with Crippen molar-refractivity contribution >= 4 is 38.7 Å². The van der Waals surface area contributed by atoms with Gasteiger partial charge in [-0.1, -0.05) is 29.6 Å². The topological polar surface area (TPSA) is 98.0 Å². The Morgan fingerprint density at radius 1 is 1.44 bits per heavy atom. The fourth-order valence-corrected chi connectivity index (χ4v) is 2.54. The SMILES string of the molecule is CCc1nnc(NC(=O)c2ccc([N+](=O)[O-])s2)s1. The maximum absolute atomic E-state index is 11.8. The summed E-state index contributed by atoms with van der Waals surface area (Å²) in [6, 6.07) is 2.72. The first-order valence-electron chi connectivity index (χ1n) is 4.98. The zero-order chi connectivity index (χ0) is 13.1. The fraction of sp³-hybridized carbons (Fsp3) is 0.222. The Morgan fingerprint density at radius 3 is 2.78 bits per heavy atom. The van der Waals surface area contributed by atoms with Crippen LogP contribution in [0.3, 0.4) is 0 Å². The van der Waals surface area contributed by atoms with Crippen LogP contribution >= 0.6 is 22.7 Å². The number of anilines is 1. The molecule has 7 nitrogen and oxygen atoms in total. The molecule has 0 aliphatic carbocycles. The van der Waals surface area contributed by atoms with Gasteiger partial charge in [-0.05, 0) is 12.5 Å². The molecule has 2 aromatic rings. The van der Waals surface area contributed by atoms with Gasteiger partial charge in [0.25, 0.3) is 5.91 Å². The second kappa shape index (κ2) is 5.19. The Hall–Kier alpha value is -1.87. The Balaban J connectivity index is 2.09. The first-order chi connectivity index (χ1) is 8.60. The van der Waals surface area contributed by atoms with Gasteiger partial charge in [-0.15, -0.1) is 10.2 Å². The Labute approximate surface area is 110 Å². The number of thiophene rings is 1. The van der Waals surface area contributed by atoms with Gasteiger partial charge in [0, 0.05) is 6.07 Å². The van der Waals surface area contributed by atoms with E-state index in [2.05, 4.69) is 15.5 Å². The molecule has 94 valence electrons. The van der Waals surface area contributed by atoms with E-state index in [-0.39, 0.29) is 9.88 Å². The van der Waals surface area contributed by atoms with Crippen molar-refractivity contribution in [2.75, 3.05) is 5.32 Å². The van der Waals surface area contributed by atoms with Gasteiger partial charge in [0.1, 0.15) is 5.01 Å². The summed E-state index contributed by atoms with van der Waals surface area (Å²) in [7, 11) is 0. The summed E-state index contributed by atoms with van der Waals surface area (Å²) in [5.41, 5.74) is 0. The first-order valence-corrected chi connectivity index (χ1v) is 6.61. The van der Waals surface area contributed by atoms with Crippen molar-refractivity contribution in [3.63, 3.8) is 0 Å². The van der Waals surface area contributed by atoms with Crippen LogP contribution in [0.1, 0.15) is 21.6 Å². The van der Waals surface area contributed by atoms with Crippen LogP contribution < -0.4 is 5.32 Å². The van der Waals surface area contributed by atoms with Gasteiger partial charge in [-0.3, -0.25) is 20.2 Å². The van der Waals surface area contributed by atoms with E-state index in [0.717, 1.165) is 22.8 Å². The lowest BCUT2D eigenvalue weighted by Crippen LogP contribution is -2.09. The molecule has 0 bridgehead atoms. The summed E-state index contributed by atoms with van der Waals surface area (Å²) in [5.74, 6) is -0.410. The van der Waals surface area contributed by atoms with Crippen LogP contribution in [0.4, 0.5) is 10.1 Å². The quantitative estimate of drug-likeness (QED) is 0.686. The van der Waals surface area contributed by atoms with E-state index in [1.165, 1.54) is 23.5 Å². The molecule has 2 heterocycles. The smallest absolute Gasteiger partial charge is 0.296 e. The standard InChI is InChI=1S/C9H8N4O3S2/c1-2-6-11-12-9(18-6)10-8(14)5-3-4-7(17-5)13(15)16/h3-4H,2H2,1H3,(H,10,12,14). The van der Waals surface area contributed by atoms with E-state index in [1.807, 2.05) is 6.92 Å². The number of aryl methyl sites for hydroxylation is 1. The van der Waals surface area contributed by atoms with Crippen LogP contribution in [0.5, 0.6) is 0 Å². The van der Waals surface area contributed by atoms with Gasteiger partial charge in [0.15, 0.2) is 0 Å². The lowest BCUT2D eigenvalue weighted by molar-refractivity contribution is -0.380. The molecule has 0 aliphatic heterocycles. The van der Waals surface area contributed by atoms with Crippen molar-refractivity contribution in [1.29, 1.82) is 0 Å². The Kier molecular flexibility index (Phi) is 3.63. The van der Waals surface area contributed by atoms with Gasteiger partial charge in [-0.25, -0.2) is 0 Å². The molecule has 0 saturated carbocycles. The Morgan fingerprint density at radius 2 is 2.22 bits per heavy atom. The highest BCUT2D eigenvalue weighted by atomic mass is 32.1. The van der Waals surface area contributed by atoms with Gasteiger partial charge in [0.2, 0.25) is 5.13 Å². The number of aromatic nitrogens is 2. The molecule has 0 unspecified atom stereocenters. The van der Waals surface area contributed by atoms with E-state index >= 15 is 0 Å². The molecule has 0 atom stereocenters. The molecule has 0 saturated heterocycles. The van der Waals surface area contributed by atoms with Crippen LogP contribution in [-0.4, -0.2) is 21.0 Å². The summed E-state index contributed by atoms with van der Waals surface area (Å²) in [5, 5.41) is 21.9. The maximum atomic E-state index is 11.8. The monoisotopic (exact) mass is 284 g/mol. The molecule has 0 spiro atoms. The number of nitrogens with zero attached hydrogens (tertiary/aromatic N) is 3. The maximum Gasteiger partial charge on any atom is 0.324 e. The van der Waals surface area contributed by atoms with Crippen molar-refractivity contribution in [2.24, 2.45) is 0 Å². The third-order valence-electron chi connectivity index (χ3n) is 1.99. The number of hydrogen-bond acceptors (Lipinski definition) is 7. The second-order valence-electron chi connectivity index (χ2n) is 3.20. The van der Waals surface area contributed by atoms with Crippen LogP contribution in [-0.2, 0) is 6.42 Å². The average molecular weight is 284 g/mol. The summed E-state index contributed by atoms with van der Waals surface area (Å²) in [4.78, 5) is 22.0. The number of carbonyl (C=O) groups excluding carboxylic acids is 1. The van der Waals surface area contributed by atoms with E-state index < -0.39 is 10.8 Å². The molecule has 0 radical (unpaired) electrons. The molecule has 0 aromatic carbocycles. The van der Waals surface area contributed by atoms with Crippen molar-refractivity contribution in [2.45, 2.75) is 13.3 Å². The van der Waals surface area contributed by atoms with E-state index in [1.54, 1.807) is 0 Å². The third-order valence-corrected chi connectivity index (χ3v) is 4.00. The molecule has 2 rings (SSSR count). The van der Waals surface area contributed by atoms with E-state index in [0.29, 0.717) is 5.13 Å². The molecular formula is C9H8N4O3S2. The average Bonchev–Trinajstić information content (AvgIpc) is 2.97. The van der Waals surface area contributed by atoms with Gasteiger partial charge in [0.05, 0.1) is 9.80 Å². The Bertz CT molecular complexity index is 592. The highest BCUT2D eigenvalue weighted by Crippen LogP contribution is 2.25. The first kappa shape index (κ1) is 12.6. The minimum absolute atomic E-state index is 0.0633. The molecular weight excluding hydrogens is 276 g/mol. The zero-order valence-electron chi connectivity index (χ0n) is 9.24. The number of amides is 1. The normalized spacial score (nSPS) is 10.3. The number of nitrogens with one attached hydrogen (secondary N) is 1. The molecule has 1 N–H and O–H groups in total. The predicted molar refractivity (Wildman–Crippen MR) is 68.2 cm³/mol. The van der Waals surface area contributed by atoms with Crippen LogP contribution in [0.2, 0.25) is 0 Å². The van der Waals surface area contributed by atoms with Crippen molar-refractivity contribution in [3.05, 3.63) is 32.1 Å². The number of rotatable bonds is 4. The van der Waals surface area contributed by atoms with Crippen LogP contribution in [0.25, 0.3) is 0 Å². The number of hydrogen-bond donors (Lipinski definition) is 1. The number of nitro groups is 1. The second-order valence-corrected chi connectivity index (χ2v) is 5.33. The van der Waals surface area contributed by atoms with Gasteiger partial charge in [-0.2, -0.15) is 0 Å². The largest absolute Gasteiger partial charge is 0.324 e. The summed E-state index contributed by atoms with van der Waals surface area (Å²) in [6.45, 7) is 1.94. The minimum atomic E-state index is -0.526. The van der Waals surface area contributed by atoms with Crippen LogP contribution in [0.15, 0.2) is 12.1 Å². The van der Waals surface area contributed by atoms with Crippen molar-refractivity contribution in [3.8, 4) is 0 Å². The highest BCUT2D eigenvalue weighted by molar-refractivity contribution is 7.17. The van der Waals surface area contributed by atoms with Crippen LogP contribution in [0, 0.1) is 10.1 Å². The molecule has 9 heteroatoms.